The minimum atomic E-state index is -0.728. The number of carboxylic acids is 1. The van der Waals surface area contributed by atoms with E-state index in [1.807, 2.05) is 0 Å². The average Bonchev–Trinajstić information content (AvgIpc) is 2.51. The Labute approximate surface area is 76.9 Å². The Kier molecular flexibility index (Phi) is 3.40. The van der Waals surface area contributed by atoms with Gasteiger partial charge in [0.2, 0.25) is 0 Å². The normalized spacial score (nSPS) is 31.8. The van der Waals surface area contributed by atoms with E-state index >= 15 is 0 Å². The van der Waals surface area contributed by atoms with Crippen LogP contribution in [0.4, 0.5) is 0 Å². The molecule has 0 spiro atoms. The molecule has 3 atom stereocenters. The molecule has 0 aromatic rings. The van der Waals surface area contributed by atoms with Crippen molar-refractivity contribution in [2.24, 2.45) is 5.92 Å². The van der Waals surface area contributed by atoms with Crippen LogP contribution in [-0.2, 0) is 4.79 Å². The fraction of sp³-hybridized carbons (Fsp3) is 0.875. The highest BCUT2D eigenvalue weighted by atomic mass is 32.2. The summed E-state index contributed by atoms with van der Waals surface area (Å²) < 4.78 is 0. The Morgan fingerprint density at radius 2 is 2.50 bits per heavy atom. The van der Waals surface area contributed by atoms with Crippen LogP contribution >= 0.6 is 11.8 Å². The van der Waals surface area contributed by atoms with E-state index in [1.165, 1.54) is 0 Å². The number of aliphatic carboxylic acids is 1. The molecule has 0 saturated carbocycles. The zero-order valence-corrected chi connectivity index (χ0v) is 8.23. The fourth-order valence-corrected chi connectivity index (χ4v) is 2.60. The summed E-state index contributed by atoms with van der Waals surface area (Å²) in [5.74, 6) is 0.525. The second-order valence-corrected chi connectivity index (χ2v) is 4.37. The summed E-state index contributed by atoms with van der Waals surface area (Å²) in [6, 6.07) is -0.339. The molecule has 70 valence electrons. The summed E-state index contributed by atoms with van der Waals surface area (Å²) in [4.78, 5) is 10.6. The summed E-state index contributed by atoms with van der Waals surface area (Å²) in [6.07, 6.45) is 1.09. The molecule has 0 radical (unpaired) electrons. The summed E-state index contributed by atoms with van der Waals surface area (Å²) in [6.45, 7) is 4.27. The smallest absolute Gasteiger partial charge is 0.321 e. The SMILES string of the molecule is CC[C@H](C)[C@H]1N[C@@H](C(=O)O)CS1. The molecule has 1 fully saturated rings. The maximum absolute atomic E-state index is 10.6. The minimum Gasteiger partial charge on any atom is -0.480 e. The Morgan fingerprint density at radius 1 is 1.83 bits per heavy atom. The highest BCUT2D eigenvalue weighted by Gasteiger charge is 2.31. The average molecular weight is 189 g/mol. The molecule has 0 aliphatic carbocycles. The van der Waals surface area contributed by atoms with Gasteiger partial charge < -0.3 is 5.11 Å². The number of nitrogens with one attached hydrogen (secondary N) is 1. The van der Waals surface area contributed by atoms with Gasteiger partial charge in [0.15, 0.2) is 0 Å². The Bertz CT molecular complexity index is 174. The third kappa shape index (κ3) is 2.14. The summed E-state index contributed by atoms with van der Waals surface area (Å²) in [5.41, 5.74) is 0. The van der Waals surface area contributed by atoms with E-state index in [1.54, 1.807) is 11.8 Å². The highest BCUT2D eigenvalue weighted by molar-refractivity contribution is 8.00. The molecule has 1 rings (SSSR count). The van der Waals surface area contributed by atoms with Gasteiger partial charge in [0.1, 0.15) is 6.04 Å². The third-order valence-electron chi connectivity index (χ3n) is 2.27. The van der Waals surface area contributed by atoms with Gasteiger partial charge >= 0.3 is 5.97 Å². The molecule has 0 unspecified atom stereocenters. The lowest BCUT2D eigenvalue weighted by molar-refractivity contribution is -0.138. The first-order valence-electron chi connectivity index (χ1n) is 4.25. The van der Waals surface area contributed by atoms with Gasteiger partial charge in [-0.3, -0.25) is 10.1 Å². The van der Waals surface area contributed by atoms with Crippen LogP contribution in [0.25, 0.3) is 0 Å². The molecule has 3 nitrogen and oxygen atoms in total. The first kappa shape index (κ1) is 9.86. The molecule has 0 bridgehead atoms. The van der Waals surface area contributed by atoms with Crippen LogP contribution < -0.4 is 5.32 Å². The Morgan fingerprint density at radius 3 is 2.92 bits per heavy atom. The van der Waals surface area contributed by atoms with Crippen molar-refractivity contribution in [1.82, 2.24) is 5.32 Å². The van der Waals surface area contributed by atoms with Crippen LogP contribution in [0.5, 0.6) is 0 Å². The van der Waals surface area contributed by atoms with E-state index in [4.69, 9.17) is 5.11 Å². The predicted molar refractivity (Wildman–Crippen MR) is 50.3 cm³/mol. The van der Waals surface area contributed by atoms with Crippen LogP contribution in [0.15, 0.2) is 0 Å². The van der Waals surface area contributed by atoms with Gasteiger partial charge in [0.25, 0.3) is 0 Å². The van der Waals surface area contributed by atoms with Gasteiger partial charge in [-0.15, -0.1) is 11.8 Å². The molecule has 0 aromatic carbocycles. The quantitative estimate of drug-likeness (QED) is 0.699. The van der Waals surface area contributed by atoms with Crippen LogP contribution in [0.2, 0.25) is 0 Å². The largest absolute Gasteiger partial charge is 0.480 e. The van der Waals surface area contributed by atoms with Gasteiger partial charge in [-0.2, -0.15) is 0 Å². The minimum absolute atomic E-state index is 0.330. The number of carboxylic acid groups (broad SMARTS) is 1. The van der Waals surface area contributed by atoms with Gasteiger partial charge in [-0.25, -0.2) is 0 Å². The molecule has 0 amide bonds. The summed E-state index contributed by atoms with van der Waals surface area (Å²) in [7, 11) is 0. The van der Waals surface area contributed by atoms with E-state index in [2.05, 4.69) is 19.2 Å². The Hall–Kier alpha value is -0.220. The topological polar surface area (TPSA) is 49.3 Å². The number of thioether (sulfide) groups is 1. The predicted octanol–water partition coefficient (Wildman–Crippen LogP) is 1.15. The van der Waals surface area contributed by atoms with Gasteiger partial charge in [0, 0.05) is 5.75 Å². The fourth-order valence-electron chi connectivity index (χ4n) is 1.18. The molecule has 1 aliphatic rings. The van der Waals surface area contributed by atoms with Crippen LogP contribution in [0.1, 0.15) is 20.3 Å². The number of hydrogen-bond donors (Lipinski definition) is 2. The number of hydrogen-bond acceptors (Lipinski definition) is 3. The lowest BCUT2D eigenvalue weighted by atomic mass is 10.1. The van der Waals surface area contributed by atoms with Crippen molar-refractivity contribution in [2.75, 3.05) is 5.75 Å². The molecule has 1 aliphatic heterocycles. The maximum Gasteiger partial charge on any atom is 0.321 e. The molecule has 4 heteroatoms. The maximum atomic E-state index is 10.6. The third-order valence-corrected chi connectivity index (χ3v) is 3.75. The lowest BCUT2D eigenvalue weighted by Gasteiger charge is -2.16. The molecule has 0 aromatic heterocycles. The van der Waals surface area contributed by atoms with E-state index in [-0.39, 0.29) is 6.04 Å². The summed E-state index contributed by atoms with van der Waals surface area (Å²) in [5, 5.41) is 12.1. The number of rotatable bonds is 3. The standard InChI is InChI=1S/C8H15NO2S/c1-3-5(2)7-9-6(4-12-7)8(10)11/h5-7,9H,3-4H2,1-2H3,(H,10,11)/t5-,6+,7-/m0/s1. The van der Waals surface area contributed by atoms with Crippen molar-refractivity contribution in [1.29, 1.82) is 0 Å². The zero-order chi connectivity index (χ0) is 9.14. The number of carbonyl (C=O) groups is 1. The van der Waals surface area contributed by atoms with Crippen LogP contribution in [0, 0.1) is 5.92 Å². The van der Waals surface area contributed by atoms with Crippen molar-refractivity contribution < 1.29 is 9.90 Å². The van der Waals surface area contributed by atoms with Gasteiger partial charge in [-0.1, -0.05) is 20.3 Å². The van der Waals surface area contributed by atoms with Crippen molar-refractivity contribution in [3.63, 3.8) is 0 Å². The molecular weight excluding hydrogens is 174 g/mol. The van der Waals surface area contributed by atoms with Crippen molar-refractivity contribution >= 4 is 17.7 Å². The van der Waals surface area contributed by atoms with Crippen LogP contribution in [0.3, 0.4) is 0 Å². The monoisotopic (exact) mass is 189 g/mol. The molecular formula is C8H15NO2S. The van der Waals surface area contributed by atoms with Gasteiger partial charge in [0.05, 0.1) is 5.37 Å². The summed E-state index contributed by atoms with van der Waals surface area (Å²) >= 11 is 1.72. The Balaban J connectivity index is 2.40. The lowest BCUT2D eigenvalue weighted by Crippen LogP contribution is -2.38. The highest BCUT2D eigenvalue weighted by Crippen LogP contribution is 2.26. The van der Waals surface area contributed by atoms with E-state index < -0.39 is 5.97 Å². The zero-order valence-electron chi connectivity index (χ0n) is 7.41. The van der Waals surface area contributed by atoms with E-state index in [0.29, 0.717) is 17.0 Å². The molecule has 2 N–H and O–H groups in total. The molecule has 12 heavy (non-hydrogen) atoms. The van der Waals surface area contributed by atoms with Crippen molar-refractivity contribution in [2.45, 2.75) is 31.7 Å². The second kappa shape index (κ2) is 4.14. The van der Waals surface area contributed by atoms with Gasteiger partial charge in [-0.05, 0) is 5.92 Å². The molecule has 1 saturated heterocycles. The van der Waals surface area contributed by atoms with Crippen molar-refractivity contribution in [3.05, 3.63) is 0 Å². The van der Waals surface area contributed by atoms with Crippen LogP contribution in [-0.4, -0.2) is 28.2 Å². The second-order valence-electron chi connectivity index (χ2n) is 3.20. The van der Waals surface area contributed by atoms with E-state index in [0.717, 1.165) is 6.42 Å². The van der Waals surface area contributed by atoms with E-state index in [9.17, 15) is 4.79 Å². The molecule has 1 heterocycles. The first-order valence-corrected chi connectivity index (χ1v) is 5.30. The van der Waals surface area contributed by atoms with Crippen molar-refractivity contribution in [3.8, 4) is 0 Å². The first-order chi connectivity index (χ1) is 5.65.